The Balaban J connectivity index is 1.94. The third-order valence-electron chi connectivity index (χ3n) is 4.60. The van der Waals surface area contributed by atoms with Crippen molar-refractivity contribution in [1.29, 1.82) is 0 Å². The number of nitrogens with zero attached hydrogens (tertiary/aromatic N) is 1. The minimum absolute atomic E-state index is 0.440. The van der Waals surface area contributed by atoms with Crippen LogP contribution in [0, 0.1) is 5.92 Å². The molecule has 17 heavy (non-hydrogen) atoms. The van der Waals surface area contributed by atoms with Crippen LogP contribution >= 0.6 is 0 Å². The van der Waals surface area contributed by atoms with Gasteiger partial charge in [-0.2, -0.15) is 0 Å². The molecule has 2 aliphatic rings. The van der Waals surface area contributed by atoms with Gasteiger partial charge < -0.3 is 5.73 Å². The molecule has 2 rings (SSSR count). The molecular formula is C15H30N2. The molecule has 2 aliphatic carbocycles. The molecule has 2 N–H and O–H groups in total. The average molecular weight is 238 g/mol. The van der Waals surface area contributed by atoms with Crippen LogP contribution in [0.15, 0.2) is 0 Å². The van der Waals surface area contributed by atoms with E-state index in [4.69, 9.17) is 5.73 Å². The third kappa shape index (κ3) is 3.45. The van der Waals surface area contributed by atoms with Gasteiger partial charge in [-0.3, -0.25) is 4.90 Å². The Morgan fingerprint density at radius 3 is 2.41 bits per heavy atom. The van der Waals surface area contributed by atoms with Crippen molar-refractivity contribution in [2.45, 2.75) is 83.3 Å². The molecule has 0 aliphatic heterocycles. The first-order valence-electron chi connectivity index (χ1n) is 7.77. The number of hydrogen-bond acceptors (Lipinski definition) is 2. The maximum Gasteiger partial charge on any atom is 0.0252 e. The van der Waals surface area contributed by atoms with Crippen molar-refractivity contribution in [3.8, 4) is 0 Å². The highest BCUT2D eigenvalue weighted by molar-refractivity contribution is 4.95. The normalized spacial score (nSPS) is 34.2. The second kappa shape index (κ2) is 6.19. The van der Waals surface area contributed by atoms with Crippen LogP contribution in [0.3, 0.4) is 0 Å². The van der Waals surface area contributed by atoms with Gasteiger partial charge in [0, 0.05) is 18.1 Å². The molecular weight excluding hydrogens is 208 g/mol. The van der Waals surface area contributed by atoms with Crippen molar-refractivity contribution in [2.24, 2.45) is 11.7 Å². The van der Waals surface area contributed by atoms with E-state index in [2.05, 4.69) is 18.7 Å². The van der Waals surface area contributed by atoms with E-state index in [9.17, 15) is 0 Å². The van der Waals surface area contributed by atoms with E-state index in [0.717, 1.165) is 12.0 Å². The van der Waals surface area contributed by atoms with E-state index in [1.165, 1.54) is 57.9 Å². The summed E-state index contributed by atoms with van der Waals surface area (Å²) in [6.07, 6.45) is 10.9. The maximum absolute atomic E-state index is 6.39. The summed E-state index contributed by atoms with van der Waals surface area (Å²) in [5.41, 5.74) is 6.39. The molecule has 0 aromatic carbocycles. The van der Waals surface area contributed by atoms with Crippen molar-refractivity contribution in [3.05, 3.63) is 0 Å². The summed E-state index contributed by atoms with van der Waals surface area (Å²) in [6.45, 7) is 5.88. The average Bonchev–Trinajstić information content (AvgIpc) is 3.13. The van der Waals surface area contributed by atoms with E-state index >= 15 is 0 Å². The fourth-order valence-electron chi connectivity index (χ4n) is 3.59. The van der Waals surface area contributed by atoms with E-state index in [1.54, 1.807) is 0 Å². The molecule has 3 unspecified atom stereocenters. The Kier molecular flexibility index (Phi) is 4.87. The molecule has 0 aromatic rings. The van der Waals surface area contributed by atoms with Gasteiger partial charge in [-0.1, -0.05) is 26.7 Å². The first-order chi connectivity index (χ1) is 8.26. The predicted octanol–water partition coefficient (Wildman–Crippen LogP) is 3.16. The van der Waals surface area contributed by atoms with Crippen LogP contribution in [0.25, 0.3) is 0 Å². The number of hydrogen-bond donors (Lipinski definition) is 1. The summed E-state index contributed by atoms with van der Waals surface area (Å²) < 4.78 is 0. The van der Waals surface area contributed by atoms with Gasteiger partial charge >= 0.3 is 0 Å². The smallest absolute Gasteiger partial charge is 0.0252 e. The highest BCUT2D eigenvalue weighted by Crippen LogP contribution is 2.36. The van der Waals surface area contributed by atoms with Gasteiger partial charge in [-0.15, -0.1) is 0 Å². The van der Waals surface area contributed by atoms with Gasteiger partial charge in [-0.05, 0) is 51.0 Å². The summed E-state index contributed by atoms with van der Waals surface area (Å²) in [6, 6.07) is 2.01. The minimum Gasteiger partial charge on any atom is -0.326 e. The summed E-state index contributed by atoms with van der Waals surface area (Å²) in [4.78, 5) is 2.76. The Morgan fingerprint density at radius 2 is 1.82 bits per heavy atom. The molecule has 100 valence electrons. The fraction of sp³-hybridized carbons (Fsp3) is 1.00. The Morgan fingerprint density at radius 1 is 1.06 bits per heavy atom. The Hall–Kier alpha value is -0.0800. The maximum atomic E-state index is 6.39. The van der Waals surface area contributed by atoms with E-state index in [-0.39, 0.29) is 0 Å². The van der Waals surface area contributed by atoms with Crippen molar-refractivity contribution in [1.82, 2.24) is 4.90 Å². The SMILES string of the molecule is CCCC1CCC(N)C(N(CCC)C2CC2)C1. The first kappa shape index (κ1) is 13.4. The van der Waals surface area contributed by atoms with Crippen LogP contribution < -0.4 is 5.73 Å². The largest absolute Gasteiger partial charge is 0.326 e. The second-order valence-electron chi connectivity index (χ2n) is 6.17. The molecule has 2 saturated carbocycles. The van der Waals surface area contributed by atoms with E-state index in [0.29, 0.717) is 12.1 Å². The zero-order valence-electron chi connectivity index (χ0n) is 11.7. The molecule has 0 saturated heterocycles. The van der Waals surface area contributed by atoms with Crippen LogP contribution in [0.2, 0.25) is 0 Å². The highest BCUT2D eigenvalue weighted by atomic mass is 15.2. The highest BCUT2D eigenvalue weighted by Gasteiger charge is 2.38. The van der Waals surface area contributed by atoms with Crippen LogP contribution in [-0.2, 0) is 0 Å². The van der Waals surface area contributed by atoms with Crippen molar-refractivity contribution < 1.29 is 0 Å². The molecule has 2 nitrogen and oxygen atoms in total. The van der Waals surface area contributed by atoms with Crippen molar-refractivity contribution >= 4 is 0 Å². The summed E-state index contributed by atoms with van der Waals surface area (Å²) >= 11 is 0. The Labute approximate surface area is 107 Å². The Bertz CT molecular complexity index is 225. The molecule has 0 heterocycles. The molecule has 0 radical (unpaired) electrons. The monoisotopic (exact) mass is 238 g/mol. The molecule has 3 atom stereocenters. The van der Waals surface area contributed by atoms with Gasteiger partial charge in [0.1, 0.15) is 0 Å². The van der Waals surface area contributed by atoms with Crippen LogP contribution in [0.5, 0.6) is 0 Å². The number of rotatable bonds is 6. The zero-order chi connectivity index (χ0) is 12.3. The van der Waals surface area contributed by atoms with Gasteiger partial charge in [-0.25, -0.2) is 0 Å². The lowest BCUT2D eigenvalue weighted by Gasteiger charge is -2.41. The molecule has 2 fully saturated rings. The van der Waals surface area contributed by atoms with Crippen molar-refractivity contribution in [3.63, 3.8) is 0 Å². The van der Waals surface area contributed by atoms with Gasteiger partial charge in [0.2, 0.25) is 0 Å². The van der Waals surface area contributed by atoms with Gasteiger partial charge in [0.05, 0.1) is 0 Å². The third-order valence-corrected chi connectivity index (χ3v) is 4.60. The fourth-order valence-corrected chi connectivity index (χ4v) is 3.59. The van der Waals surface area contributed by atoms with Crippen LogP contribution in [0.4, 0.5) is 0 Å². The summed E-state index contributed by atoms with van der Waals surface area (Å²) in [5.74, 6) is 0.947. The first-order valence-corrected chi connectivity index (χ1v) is 7.77. The molecule has 0 bridgehead atoms. The quantitative estimate of drug-likeness (QED) is 0.770. The summed E-state index contributed by atoms with van der Waals surface area (Å²) in [5, 5.41) is 0. The molecule has 0 amide bonds. The zero-order valence-corrected chi connectivity index (χ0v) is 11.7. The van der Waals surface area contributed by atoms with E-state index in [1.807, 2.05) is 0 Å². The standard InChI is InChI=1S/C15H30N2/c1-3-5-12-6-9-14(16)15(11-12)17(10-4-2)13-7-8-13/h12-15H,3-11,16H2,1-2H3. The summed E-state index contributed by atoms with van der Waals surface area (Å²) in [7, 11) is 0. The molecule has 0 aromatic heterocycles. The second-order valence-corrected chi connectivity index (χ2v) is 6.17. The van der Waals surface area contributed by atoms with Crippen molar-refractivity contribution in [2.75, 3.05) is 6.54 Å². The lowest BCUT2D eigenvalue weighted by Crippen LogP contribution is -2.52. The van der Waals surface area contributed by atoms with Gasteiger partial charge in [0.15, 0.2) is 0 Å². The predicted molar refractivity (Wildman–Crippen MR) is 74.0 cm³/mol. The minimum atomic E-state index is 0.440. The topological polar surface area (TPSA) is 29.3 Å². The lowest BCUT2D eigenvalue weighted by molar-refractivity contribution is 0.101. The lowest BCUT2D eigenvalue weighted by atomic mass is 9.79. The van der Waals surface area contributed by atoms with Gasteiger partial charge in [0.25, 0.3) is 0 Å². The molecule has 0 spiro atoms. The van der Waals surface area contributed by atoms with Crippen LogP contribution in [-0.4, -0.2) is 29.6 Å². The van der Waals surface area contributed by atoms with Crippen LogP contribution in [0.1, 0.15) is 65.2 Å². The number of nitrogens with two attached hydrogens (primary N) is 1. The van der Waals surface area contributed by atoms with E-state index < -0.39 is 0 Å². The molecule has 2 heteroatoms.